The zero-order chi connectivity index (χ0) is 10.2. The number of hydrogen-bond acceptors (Lipinski definition) is 0. The lowest BCUT2D eigenvalue weighted by atomic mass is 9.72. The fourth-order valence-corrected chi connectivity index (χ4v) is 2.08. The van der Waals surface area contributed by atoms with Gasteiger partial charge in [-0.1, -0.05) is 20.8 Å². The van der Waals surface area contributed by atoms with Gasteiger partial charge in [-0.15, -0.1) is 0 Å². The molecule has 78 valence electrons. The molecule has 13 heavy (non-hydrogen) atoms. The van der Waals surface area contributed by atoms with E-state index in [0.717, 1.165) is 0 Å². The highest BCUT2D eigenvalue weighted by molar-refractivity contribution is 5.01. The number of rotatable bonds is 1. The normalized spacial score (nSPS) is 46.8. The molecule has 0 heterocycles. The molecule has 1 fully saturated rings. The summed E-state index contributed by atoms with van der Waals surface area (Å²) >= 11 is 0. The van der Waals surface area contributed by atoms with Gasteiger partial charge in [0.05, 0.1) is 0 Å². The van der Waals surface area contributed by atoms with Gasteiger partial charge in [0.2, 0.25) is 0 Å². The van der Waals surface area contributed by atoms with Crippen molar-refractivity contribution in [3.8, 4) is 0 Å². The van der Waals surface area contributed by atoms with Crippen LogP contribution in [0.1, 0.15) is 33.6 Å². The fraction of sp³-hybridized carbons (Fsp3) is 1.00. The van der Waals surface area contributed by atoms with Crippen LogP contribution in [0.2, 0.25) is 0 Å². The molecule has 0 bridgehead atoms. The molecule has 1 rings (SSSR count). The van der Waals surface area contributed by atoms with Crippen LogP contribution in [0.4, 0.5) is 13.2 Å². The van der Waals surface area contributed by atoms with Crippen LogP contribution >= 0.6 is 0 Å². The molecule has 0 aliphatic heterocycles. The zero-order valence-corrected chi connectivity index (χ0v) is 8.36. The quantitative estimate of drug-likeness (QED) is 0.599. The van der Waals surface area contributed by atoms with Gasteiger partial charge in [0.15, 0.2) is 5.67 Å². The third kappa shape index (κ3) is 1.70. The summed E-state index contributed by atoms with van der Waals surface area (Å²) in [5.74, 6) is -0.641. The van der Waals surface area contributed by atoms with Crippen LogP contribution in [-0.4, -0.2) is 18.0 Å². The topological polar surface area (TPSA) is 0 Å². The van der Waals surface area contributed by atoms with E-state index in [1.54, 1.807) is 6.92 Å². The molecule has 0 nitrogen and oxygen atoms in total. The van der Waals surface area contributed by atoms with Crippen molar-refractivity contribution < 1.29 is 13.2 Å². The Hall–Kier alpha value is -0.210. The van der Waals surface area contributed by atoms with Crippen molar-refractivity contribution in [1.29, 1.82) is 0 Å². The molecule has 2 atom stereocenters. The molecule has 0 amide bonds. The summed E-state index contributed by atoms with van der Waals surface area (Å²) in [6, 6.07) is 0. The Bertz CT molecular complexity index is 167. The van der Waals surface area contributed by atoms with E-state index in [4.69, 9.17) is 0 Å². The predicted molar refractivity (Wildman–Crippen MR) is 46.9 cm³/mol. The fourth-order valence-electron chi connectivity index (χ4n) is 2.08. The molecule has 2 unspecified atom stereocenters. The maximum atomic E-state index is 13.9. The summed E-state index contributed by atoms with van der Waals surface area (Å²) in [5.41, 5.74) is -2.26. The lowest BCUT2D eigenvalue weighted by molar-refractivity contribution is -0.0957. The molecule has 0 aromatic rings. The molecule has 0 N–H and O–H groups in total. The van der Waals surface area contributed by atoms with Gasteiger partial charge < -0.3 is 0 Å². The van der Waals surface area contributed by atoms with Gasteiger partial charge in [0, 0.05) is 0 Å². The maximum Gasteiger partial charge on any atom is 0.175 e. The third-order valence-corrected chi connectivity index (χ3v) is 3.06. The first-order chi connectivity index (χ1) is 5.89. The molecule has 0 spiro atoms. The lowest BCUT2D eigenvalue weighted by Crippen LogP contribution is -2.53. The van der Waals surface area contributed by atoms with Gasteiger partial charge in [-0.2, -0.15) is 0 Å². The summed E-state index contributed by atoms with van der Waals surface area (Å²) in [6.45, 7) is 4.84. The van der Waals surface area contributed by atoms with Crippen molar-refractivity contribution in [2.24, 2.45) is 11.8 Å². The van der Waals surface area contributed by atoms with Crippen molar-refractivity contribution in [3.63, 3.8) is 0 Å². The van der Waals surface area contributed by atoms with Crippen LogP contribution in [0.3, 0.4) is 0 Å². The Balaban J connectivity index is 2.83. The molecular formula is C10H17F3. The summed E-state index contributed by atoms with van der Waals surface area (Å²) < 4.78 is 40.6. The predicted octanol–water partition coefficient (Wildman–Crippen LogP) is 3.46. The number of hydrogen-bond donors (Lipinski definition) is 0. The van der Waals surface area contributed by atoms with Crippen molar-refractivity contribution >= 4 is 0 Å². The van der Waals surface area contributed by atoms with Crippen LogP contribution in [0.15, 0.2) is 0 Å². The highest BCUT2D eigenvalue weighted by atomic mass is 19.2. The summed E-state index contributed by atoms with van der Waals surface area (Å²) in [5, 5.41) is 0. The molecular weight excluding hydrogens is 177 g/mol. The minimum atomic E-state index is -2.26. The minimum absolute atomic E-state index is 0.0485. The molecule has 1 saturated carbocycles. The third-order valence-electron chi connectivity index (χ3n) is 3.06. The Labute approximate surface area is 77.5 Å². The van der Waals surface area contributed by atoms with Gasteiger partial charge in [-0.05, 0) is 24.7 Å². The molecule has 1 aliphatic rings. The van der Waals surface area contributed by atoms with Gasteiger partial charge in [-0.25, -0.2) is 13.2 Å². The Morgan fingerprint density at radius 2 is 1.54 bits per heavy atom. The van der Waals surface area contributed by atoms with E-state index in [-0.39, 0.29) is 18.8 Å². The average Bonchev–Trinajstić information content (AvgIpc) is 1.99. The van der Waals surface area contributed by atoms with Crippen molar-refractivity contribution in [3.05, 3.63) is 0 Å². The molecule has 3 heteroatoms. The van der Waals surface area contributed by atoms with Crippen LogP contribution in [0.5, 0.6) is 0 Å². The standard InChI is InChI=1S/C10H17F3/c1-6(2)10(13)8(11)4-7(3)5-9(10)12/h6-9H,4-5H2,1-3H3. The van der Waals surface area contributed by atoms with E-state index in [1.807, 2.05) is 0 Å². The Morgan fingerprint density at radius 1 is 1.15 bits per heavy atom. The number of halogens is 3. The summed E-state index contributed by atoms with van der Waals surface area (Å²) in [6.07, 6.45) is -3.00. The first-order valence-electron chi connectivity index (χ1n) is 4.86. The highest BCUT2D eigenvalue weighted by Gasteiger charge is 2.53. The zero-order valence-electron chi connectivity index (χ0n) is 8.36. The summed E-state index contributed by atoms with van der Waals surface area (Å²) in [7, 11) is 0. The SMILES string of the molecule is CC1CC(F)C(F)(C(C)C)C(F)C1. The number of alkyl halides is 3. The van der Waals surface area contributed by atoms with E-state index in [9.17, 15) is 13.2 Å². The smallest absolute Gasteiger partial charge is 0.175 e. The molecule has 0 aromatic carbocycles. The van der Waals surface area contributed by atoms with E-state index in [1.165, 1.54) is 13.8 Å². The van der Waals surface area contributed by atoms with Gasteiger partial charge in [-0.3, -0.25) is 0 Å². The molecule has 0 saturated heterocycles. The average molecular weight is 194 g/mol. The first kappa shape index (κ1) is 10.9. The van der Waals surface area contributed by atoms with Gasteiger partial charge in [0.1, 0.15) is 12.3 Å². The van der Waals surface area contributed by atoms with Gasteiger partial charge >= 0.3 is 0 Å². The Kier molecular flexibility index (Phi) is 2.93. The maximum absolute atomic E-state index is 13.9. The van der Waals surface area contributed by atoms with Crippen LogP contribution in [0.25, 0.3) is 0 Å². The van der Waals surface area contributed by atoms with E-state index >= 15 is 0 Å². The van der Waals surface area contributed by atoms with Crippen LogP contribution in [0, 0.1) is 11.8 Å². The van der Waals surface area contributed by atoms with E-state index in [2.05, 4.69) is 0 Å². The monoisotopic (exact) mass is 194 g/mol. The second-order valence-electron chi connectivity index (χ2n) is 4.49. The summed E-state index contributed by atoms with van der Waals surface area (Å²) in [4.78, 5) is 0. The van der Waals surface area contributed by atoms with Crippen LogP contribution < -0.4 is 0 Å². The molecule has 0 radical (unpaired) electrons. The van der Waals surface area contributed by atoms with E-state index in [0.29, 0.717) is 0 Å². The lowest BCUT2D eigenvalue weighted by Gasteiger charge is -2.41. The molecule has 1 aliphatic carbocycles. The first-order valence-corrected chi connectivity index (χ1v) is 4.86. The second-order valence-corrected chi connectivity index (χ2v) is 4.49. The Morgan fingerprint density at radius 3 is 1.85 bits per heavy atom. The second kappa shape index (κ2) is 3.50. The van der Waals surface area contributed by atoms with Gasteiger partial charge in [0.25, 0.3) is 0 Å². The molecule has 0 aromatic heterocycles. The van der Waals surface area contributed by atoms with Crippen molar-refractivity contribution in [2.45, 2.75) is 51.6 Å². The van der Waals surface area contributed by atoms with Crippen molar-refractivity contribution in [1.82, 2.24) is 0 Å². The van der Waals surface area contributed by atoms with Crippen LogP contribution in [-0.2, 0) is 0 Å². The van der Waals surface area contributed by atoms with E-state index < -0.39 is 23.9 Å². The van der Waals surface area contributed by atoms with Crippen molar-refractivity contribution in [2.75, 3.05) is 0 Å². The highest BCUT2D eigenvalue weighted by Crippen LogP contribution is 2.43. The minimum Gasteiger partial charge on any atom is -0.244 e. The largest absolute Gasteiger partial charge is 0.244 e.